The van der Waals surface area contributed by atoms with Gasteiger partial charge in [0.1, 0.15) is 0 Å². The molecule has 0 aliphatic rings. The normalized spacial score (nSPS) is 9.44. The van der Waals surface area contributed by atoms with Crippen LogP contribution in [0.3, 0.4) is 0 Å². The quantitative estimate of drug-likeness (QED) is 0.440. The summed E-state index contributed by atoms with van der Waals surface area (Å²) >= 11 is 0. The van der Waals surface area contributed by atoms with E-state index < -0.39 is 0 Å². The molecule has 0 aromatic rings. The molecule has 50 valence electrons. The summed E-state index contributed by atoms with van der Waals surface area (Å²) < 4.78 is 0. The summed E-state index contributed by atoms with van der Waals surface area (Å²) in [5.74, 6) is -0.0719. The molecule has 0 heterocycles. The van der Waals surface area contributed by atoms with Crippen LogP contribution in [0, 0.1) is 0 Å². The summed E-state index contributed by atoms with van der Waals surface area (Å²) in [4.78, 5) is 10.6. The van der Waals surface area contributed by atoms with Crippen molar-refractivity contribution < 1.29 is 4.79 Å². The highest BCUT2D eigenvalue weighted by molar-refractivity contribution is 5.87. The Kier molecular flexibility index (Phi) is 4.50. The van der Waals surface area contributed by atoms with Crippen LogP contribution in [0.1, 0.15) is 6.92 Å². The van der Waals surface area contributed by atoms with Gasteiger partial charge in [0.15, 0.2) is 0 Å². The Morgan fingerprint density at radius 1 is 1.78 bits per heavy atom. The van der Waals surface area contributed by atoms with Crippen molar-refractivity contribution in [1.29, 1.82) is 0 Å². The molecule has 1 amide bonds. The molecule has 0 bridgehead atoms. The fourth-order valence-corrected chi connectivity index (χ4v) is 0.389. The van der Waals surface area contributed by atoms with Gasteiger partial charge < -0.3 is 5.32 Å². The van der Waals surface area contributed by atoms with E-state index in [0.717, 1.165) is 0 Å². The molecule has 0 saturated carbocycles. The van der Waals surface area contributed by atoms with Crippen molar-refractivity contribution in [1.82, 2.24) is 5.32 Å². The maximum absolute atomic E-state index is 10.6. The SMILES string of the molecule is C=CC=CC(=O)NCC. The first-order valence-corrected chi connectivity index (χ1v) is 2.88. The Morgan fingerprint density at radius 3 is 2.89 bits per heavy atom. The lowest BCUT2D eigenvalue weighted by molar-refractivity contribution is -0.116. The van der Waals surface area contributed by atoms with Crippen molar-refractivity contribution in [3.8, 4) is 0 Å². The van der Waals surface area contributed by atoms with E-state index in [1.165, 1.54) is 6.08 Å². The van der Waals surface area contributed by atoms with Gasteiger partial charge in [0.05, 0.1) is 0 Å². The van der Waals surface area contributed by atoms with Crippen LogP contribution in [-0.4, -0.2) is 12.5 Å². The summed E-state index contributed by atoms with van der Waals surface area (Å²) in [6.07, 6.45) is 4.61. The van der Waals surface area contributed by atoms with Gasteiger partial charge in [0, 0.05) is 12.6 Å². The molecule has 0 unspecified atom stereocenters. The number of carbonyl (C=O) groups excluding carboxylic acids is 1. The van der Waals surface area contributed by atoms with Crippen LogP contribution >= 0.6 is 0 Å². The summed E-state index contributed by atoms with van der Waals surface area (Å²) in [7, 11) is 0. The van der Waals surface area contributed by atoms with Crippen LogP contribution in [0.5, 0.6) is 0 Å². The van der Waals surface area contributed by atoms with Crippen LogP contribution in [0.25, 0.3) is 0 Å². The van der Waals surface area contributed by atoms with E-state index in [9.17, 15) is 4.79 Å². The lowest BCUT2D eigenvalue weighted by Crippen LogP contribution is -2.19. The minimum absolute atomic E-state index is 0.0719. The Balaban J connectivity index is 3.49. The third-order valence-corrected chi connectivity index (χ3v) is 0.735. The summed E-state index contributed by atoms with van der Waals surface area (Å²) in [6.45, 7) is 5.97. The zero-order chi connectivity index (χ0) is 7.11. The van der Waals surface area contributed by atoms with Crippen LogP contribution in [0.15, 0.2) is 24.8 Å². The predicted octanol–water partition coefficient (Wildman–Crippen LogP) is 0.865. The highest BCUT2D eigenvalue weighted by atomic mass is 16.1. The lowest BCUT2D eigenvalue weighted by atomic mass is 10.4. The topological polar surface area (TPSA) is 29.1 Å². The Morgan fingerprint density at radius 2 is 2.44 bits per heavy atom. The first-order chi connectivity index (χ1) is 4.31. The van der Waals surface area contributed by atoms with Gasteiger partial charge in [-0.1, -0.05) is 18.7 Å². The molecule has 0 saturated heterocycles. The molecule has 0 aliphatic heterocycles. The number of hydrogen-bond donors (Lipinski definition) is 1. The molecule has 1 N–H and O–H groups in total. The number of nitrogens with one attached hydrogen (secondary N) is 1. The largest absolute Gasteiger partial charge is 0.353 e. The molecule has 0 spiro atoms. The van der Waals surface area contributed by atoms with Crippen LogP contribution in [0.4, 0.5) is 0 Å². The van der Waals surface area contributed by atoms with Crippen LogP contribution in [0.2, 0.25) is 0 Å². The van der Waals surface area contributed by atoms with E-state index in [-0.39, 0.29) is 5.91 Å². The van der Waals surface area contributed by atoms with Gasteiger partial charge in [-0.3, -0.25) is 4.79 Å². The molecule has 2 nitrogen and oxygen atoms in total. The van der Waals surface area contributed by atoms with E-state index in [0.29, 0.717) is 6.54 Å². The second kappa shape index (κ2) is 5.09. The third-order valence-electron chi connectivity index (χ3n) is 0.735. The highest BCUT2D eigenvalue weighted by Crippen LogP contribution is 1.72. The van der Waals surface area contributed by atoms with Gasteiger partial charge in [-0.15, -0.1) is 0 Å². The first-order valence-electron chi connectivity index (χ1n) is 2.88. The molecule has 9 heavy (non-hydrogen) atoms. The minimum Gasteiger partial charge on any atom is -0.353 e. The van der Waals surface area contributed by atoms with Gasteiger partial charge in [0.25, 0.3) is 0 Å². The Bertz CT molecular complexity index is 127. The lowest BCUT2D eigenvalue weighted by Gasteiger charge is -1.91. The molecular weight excluding hydrogens is 114 g/mol. The summed E-state index contributed by atoms with van der Waals surface area (Å²) in [6, 6.07) is 0. The molecule has 0 fully saturated rings. The molecular formula is C7H11NO. The number of carbonyl (C=O) groups is 1. The van der Waals surface area contributed by atoms with Gasteiger partial charge in [-0.25, -0.2) is 0 Å². The molecule has 0 rings (SSSR count). The number of amides is 1. The van der Waals surface area contributed by atoms with E-state index in [1.54, 1.807) is 12.2 Å². The molecule has 0 aliphatic carbocycles. The Hall–Kier alpha value is -1.05. The molecule has 0 aromatic carbocycles. The highest BCUT2D eigenvalue weighted by Gasteiger charge is 1.86. The van der Waals surface area contributed by atoms with E-state index in [4.69, 9.17) is 0 Å². The maximum atomic E-state index is 10.6. The third kappa shape index (κ3) is 4.81. The average molecular weight is 125 g/mol. The smallest absolute Gasteiger partial charge is 0.243 e. The van der Waals surface area contributed by atoms with Gasteiger partial charge >= 0.3 is 0 Å². The fourth-order valence-electron chi connectivity index (χ4n) is 0.389. The standard InChI is InChI=1S/C7H11NO/c1-3-5-6-7(9)8-4-2/h3,5-6H,1,4H2,2H3,(H,8,9). The van der Waals surface area contributed by atoms with Crippen molar-refractivity contribution in [2.75, 3.05) is 6.54 Å². The summed E-state index contributed by atoms with van der Waals surface area (Å²) in [5.41, 5.74) is 0. The Labute approximate surface area is 55.3 Å². The van der Waals surface area contributed by atoms with Crippen molar-refractivity contribution in [3.63, 3.8) is 0 Å². The first kappa shape index (κ1) is 7.95. The van der Waals surface area contributed by atoms with Crippen molar-refractivity contribution in [2.45, 2.75) is 6.92 Å². The van der Waals surface area contributed by atoms with Crippen LogP contribution < -0.4 is 5.32 Å². The van der Waals surface area contributed by atoms with E-state index in [1.807, 2.05) is 6.92 Å². The van der Waals surface area contributed by atoms with Gasteiger partial charge in [-0.05, 0) is 6.92 Å². The fraction of sp³-hybridized carbons (Fsp3) is 0.286. The van der Waals surface area contributed by atoms with Gasteiger partial charge in [0.2, 0.25) is 5.91 Å². The molecule has 0 aromatic heterocycles. The zero-order valence-electron chi connectivity index (χ0n) is 5.55. The number of likely N-dealkylation sites (N-methyl/N-ethyl adjacent to an activating group) is 1. The average Bonchev–Trinajstić information content (AvgIpc) is 1.85. The van der Waals surface area contributed by atoms with Crippen molar-refractivity contribution in [3.05, 3.63) is 24.8 Å². The predicted molar refractivity (Wildman–Crippen MR) is 38.0 cm³/mol. The second-order valence-electron chi connectivity index (χ2n) is 1.49. The minimum atomic E-state index is -0.0719. The zero-order valence-corrected chi connectivity index (χ0v) is 5.55. The maximum Gasteiger partial charge on any atom is 0.243 e. The van der Waals surface area contributed by atoms with E-state index >= 15 is 0 Å². The summed E-state index contributed by atoms with van der Waals surface area (Å²) in [5, 5.41) is 2.61. The van der Waals surface area contributed by atoms with Crippen molar-refractivity contribution in [2.24, 2.45) is 0 Å². The number of hydrogen-bond acceptors (Lipinski definition) is 1. The van der Waals surface area contributed by atoms with Gasteiger partial charge in [-0.2, -0.15) is 0 Å². The van der Waals surface area contributed by atoms with Crippen LogP contribution in [-0.2, 0) is 4.79 Å². The molecule has 0 radical (unpaired) electrons. The molecule has 0 atom stereocenters. The second-order valence-corrected chi connectivity index (χ2v) is 1.49. The van der Waals surface area contributed by atoms with E-state index in [2.05, 4.69) is 11.9 Å². The molecule has 2 heteroatoms. The monoisotopic (exact) mass is 125 g/mol. The van der Waals surface area contributed by atoms with Crippen molar-refractivity contribution >= 4 is 5.91 Å². The number of allylic oxidation sites excluding steroid dienone is 2. The number of rotatable bonds is 3.